The lowest BCUT2D eigenvalue weighted by molar-refractivity contribution is -0.141. The van der Waals surface area contributed by atoms with Gasteiger partial charge in [0.05, 0.1) is 15.8 Å². The van der Waals surface area contributed by atoms with Gasteiger partial charge in [0.2, 0.25) is 0 Å². The van der Waals surface area contributed by atoms with Crippen LogP contribution in [0.2, 0.25) is 0 Å². The Hall–Kier alpha value is -2.94. The first-order valence-corrected chi connectivity index (χ1v) is 9.54. The standard InChI is InChI=1S/C20H17F3N2O3S/c1-3-14(18(27)28)25-15-8-7-11(2)9-16(15)29-19(25)24-17(26)12-5-4-6-13(10-12)20(21,22)23/h4-10,14H,3H2,1-2H3,(H,27,28). The van der Waals surface area contributed by atoms with E-state index in [9.17, 15) is 27.9 Å². The zero-order valence-electron chi connectivity index (χ0n) is 15.5. The molecule has 152 valence electrons. The molecule has 1 N–H and O–H groups in total. The molecule has 29 heavy (non-hydrogen) atoms. The molecule has 0 bridgehead atoms. The van der Waals surface area contributed by atoms with Gasteiger partial charge < -0.3 is 9.67 Å². The summed E-state index contributed by atoms with van der Waals surface area (Å²) in [5, 5.41) is 9.59. The number of aromatic nitrogens is 1. The van der Waals surface area contributed by atoms with Crippen LogP contribution in [0.4, 0.5) is 13.2 Å². The molecule has 1 atom stereocenters. The van der Waals surface area contributed by atoms with Crippen LogP contribution in [-0.2, 0) is 11.0 Å². The number of thiazole rings is 1. The zero-order valence-corrected chi connectivity index (χ0v) is 16.3. The van der Waals surface area contributed by atoms with Gasteiger partial charge >= 0.3 is 12.1 Å². The van der Waals surface area contributed by atoms with E-state index >= 15 is 0 Å². The van der Waals surface area contributed by atoms with E-state index in [4.69, 9.17) is 0 Å². The van der Waals surface area contributed by atoms with Crippen LogP contribution in [0.3, 0.4) is 0 Å². The predicted molar refractivity (Wildman–Crippen MR) is 103 cm³/mol. The lowest BCUT2D eigenvalue weighted by Crippen LogP contribution is -2.27. The molecule has 0 radical (unpaired) electrons. The summed E-state index contributed by atoms with van der Waals surface area (Å²) in [6, 6.07) is 8.45. The second-order valence-electron chi connectivity index (χ2n) is 6.48. The van der Waals surface area contributed by atoms with E-state index in [1.165, 1.54) is 10.6 Å². The Balaban J connectivity index is 2.19. The van der Waals surface area contributed by atoms with E-state index in [1.54, 1.807) is 13.0 Å². The number of carboxylic acid groups (broad SMARTS) is 1. The molecule has 1 unspecified atom stereocenters. The first kappa shape index (κ1) is 20.8. The van der Waals surface area contributed by atoms with Gasteiger partial charge in [0.1, 0.15) is 6.04 Å². The van der Waals surface area contributed by atoms with Crippen molar-refractivity contribution in [1.82, 2.24) is 4.57 Å². The summed E-state index contributed by atoms with van der Waals surface area (Å²) in [6.07, 6.45) is -4.33. The van der Waals surface area contributed by atoms with Gasteiger partial charge in [0, 0.05) is 5.56 Å². The van der Waals surface area contributed by atoms with E-state index in [1.807, 2.05) is 19.1 Å². The Morgan fingerprint density at radius 3 is 2.55 bits per heavy atom. The molecule has 0 spiro atoms. The van der Waals surface area contributed by atoms with Crippen LogP contribution in [0, 0.1) is 6.92 Å². The average molecular weight is 422 g/mol. The molecule has 3 aromatic rings. The number of carbonyl (C=O) groups is 2. The molecule has 2 aromatic carbocycles. The van der Waals surface area contributed by atoms with Gasteiger partial charge in [0.25, 0.3) is 5.91 Å². The molecule has 1 amide bonds. The molecule has 1 heterocycles. The minimum atomic E-state index is -4.58. The van der Waals surface area contributed by atoms with Gasteiger partial charge in [-0.05, 0) is 49.2 Å². The van der Waals surface area contributed by atoms with Crippen molar-refractivity contribution in [3.63, 3.8) is 0 Å². The molecule has 0 aliphatic heterocycles. The number of aryl methyl sites for hydroxylation is 1. The van der Waals surface area contributed by atoms with Crippen LogP contribution in [-0.4, -0.2) is 21.6 Å². The highest BCUT2D eigenvalue weighted by atomic mass is 32.1. The fraction of sp³-hybridized carbons (Fsp3) is 0.250. The van der Waals surface area contributed by atoms with Gasteiger partial charge in [-0.25, -0.2) is 4.79 Å². The summed E-state index contributed by atoms with van der Waals surface area (Å²) >= 11 is 1.12. The van der Waals surface area contributed by atoms with Crippen LogP contribution in [0.1, 0.15) is 40.9 Å². The maximum atomic E-state index is 12.9. The van der Waals surface area contributed by atoms with Crippen molar-refractivity contribution in [3.8, 4) is 0 Å². The minimum absolute atomic E-state index is 0.127. The number of halogens is 3. The summed E-state index contributed by atoms with van der Waals surface area (Å²) < 4.78 is 41.0. The molecule has 0 saturated heterocycles. The Morgan fingerprint density at radius 1 is 1.21 bits per heavy atom. The highest BCUT2D eigenvalue weighted by molar-refractivity contribution is 7.16. The highest BCUT2D eigenvalue weighted by Crippen LogP contribution is 2.30. The second kappa shape index (κ2) is 7.82. The number of benzene rings is 2. The summed E-state index contributed by atoms with van der Waals surface area (Å²) in [7, 11) is 0. The molecule has 0 aliphatic rings. The molecule has 9 heteroatoms. The zero-order chi connectivity index (χ0) is 21.3. The lowest BCUT2D eigenvalue weighted by atomic mass is 10.1. The number of alkyl halides is 3. The summed E-state index contributed by atoms with van der Waals surface area (Å²) in [5.74, 6) is -1.95. The number of aliphatic carboxylic acids is 1. The van der Waals surface area contributed by atoms with Gasteiger partial charge in [0.15, 0.2) is 4.80 Å². The summed E-state index contributed by atoms with van der Waals surface area (Å²) in [6.45, 7) is 3.57. The van der Waals surface area contributed by atoms with Crippen molar-refractivity contribution in [2.24, 2.45) is 4.99 Å². The van der Waals surface area contributed by atoms with Crippen molar-refractivity contribution in [3.05, 3.63) is 64.0 Å². The number of nitrogens with zero attached hydrogens (tertiary/aromatic N) is 2. The Kier molecular flexibility index (Phi) is 5.61. The highest BCUT2D eigenvalue weighted by Gasteiger charge is 2.31. The fourth-order valence-corrected chi connectivity index (χ4v) is 4.14. The normalized spacial score (nSPS) is 13.6. The number of amides is 1. The van der Waals surface area contributed by atoms with Crippen molar-refractivity contribution >= 4 is 33.4 Å². The summed E-state index contributed by atoms with van der Waals surface area (Å²) in [5.41, 5.74) is 0.384. The first-order chi connectivity index (χ1) is 13.6. The van der Waals surface area contributed by atoms with Crippen molar-refractivity contribution in [1.29, 1.82) is 0 Å². The third-order valence-corrected chi connectivity index (χ3v) is 5.42. The van der Waals surface area contributed by atoms with E-state index < -0.39 is 29.7 Å². The van der Waals surface area contributed by atoms with Crippen molar-refractivity contribution < 1.29 is 27.9 Å². The third kappa shape index (κ3) is 4.24. The smallest absolute Gasteiger partial charge is 0.416 e. The van der Waals surface area contributed by atoms with Gasteiger partial charge in [-0.1, -0.05) is 30.4 Å². The SMILES string of the molecule is CCC(C(=O)O)n1c(=NC(=O)c2cccc(C(F)(F)F)c2)sc2cc(C)ccc21. The monoisotopic (exact) mass is 422 g/mol. The quantitative estimate of drug-likeness (QED) is 0.656. The molecular formula is C20H17F3N2O3S. The number of rotatable bonds is 4. The van der Waals surface area contributed by atoms with E-state index in [2.05, 4.69) is 4.99 Å². The fourth-order valence-electron chi connectivity index (χ4n) is 2.98. The van der Waals surface area contributed by atoms with Crippen LogP contribution in [0.25, 0.3) is 10.2 Å². The predicted octanol–water partition coefficient (Wildman–Crippen LogP) is 4.81. The Bertz CT molecular complexity index is 1160. The number of hydrogen-bond donors (Lipinski definition) is 1. The summed E-state index contributed by atoms with van der Waals surface area (Å²) in [4.78, 5) is 28.4. The molecule has 5 nitrogen and oxygen atoms in total. The Morgan fingerprint density at radius 2 is 1.93 bits per heavy atom. The van der Waals surface area contributed by atoms with Crippen molar-refractivity contribution in [2.45, 2.75) is 32.5 Å². The van der Waals surface area contributed by atoms with Crippen molar-refractivity contribution in [2.75, 3.05) is 0 Å². The van der Waals surface area contributed by atoms with Gasteiger partial charge in [-0.15, -0.1) is 0 Å². The average Bonchev–Trinajstić information content (AvgIpc) is 2.98. The minimum Gasteiger partial charge on any atom is -0.480 e. The molecule has 0 saturated carbocycles. The number of hydrogen-bond acceptors (Lipinski definition) is 3. The molecular weight excluding hydrogens is 405 g/mol. The number of carboxylic acids is 1. The number of carbonyl (C=O) groups excluding carboxylic acids is 1. The van der Waals surface area contributed by atoms with Gasteiger partial charge in [-0.3, -0.25) is 4.79 Å². The van der Waals surface area contributed by atoms with E-state index in [-0.39, 0.29) is 16.8 Å². The van der Waals surface area contributed by atoms with E-state index in [0.29, 0.717) is 5.52 Å². The van der Waals surface area contributed by atoms with Crippen LogP contribution < -0.4 is 4.80 Å². The molecule has 0 fully saturated rings. The van der Waals surface area contributed by atoms with Crippen LogP contribution in [0.5, 0.6) is 0 Å². The lowest BCUT2D eigenvalue weighted by Gasteiger charge is -2.13. The molecule has 1 aromatic heterocycles. The number of fused-ring (bicyclic) bond motifs is 1. The topological polar surface area (TPSA) is 71.7 Å². The maximum absolute atomic E-state index is 12.9. The largest absolute Gasteiger partial charge is 0.480 e. The first-order valence-electron chi connectivity index (χ1n) is 8.72. The Labute approximate surface area is 167 Å². The van der Waals surface area contributed by atoms with Crippen LogP contribution >= 0.6 is 11.3 Å². The molecule has 3 rings (SSSR count). The van der Waals surface area contributed by atoms with Gasteiger partial charge in [-0.2, -0.15) is 18.2 Å². The van der Waals surface area contributed by atoms with E-state index in [0.717, 1.165) is 39.8 Å². The molecule has 0 aliphatic carbocycles. The maximum Gasteiger partial charge on any atom is 0.416 e. The second-order valence-corrected chi connectivity index (χ2v) is 7.49. The third-order valence-electron chi connectivity index (χ3n) is 4.40. The van der Waals surface area contributed by atoms with Crippen LogP contribution in [0.15, 0.2) is 47.5 Å².